The van der Waals surface area contributed by atoms with Crippen LogP contribution >= 0.6 is 11.3 Å². The van der Waals surface area contributed by atoms with Crippen molar-refractivity contribution in [3.63, 3.8) is 0 Å². The molecule has 1 atom stereocenters. The maximum absolute atomic E-state index is 4.54. The molecule has 3 nitrogen and oxygen atoms in total. The second kappa shape index (κ2) is 4.43. The van der Waals surface area contributed by atoms with Gasteiger partial charge in [0, 0.05) is 36.5 Å². The van der Waals surface area contributed by atoms with Crippen LogP contribution in [-0.4, -0.2) is 36.1 Å². The molecule has 2 fully saturated rings. The Kier molecular flexibility index (Phi) is 2.96. The van der Waals surface area contributed by atoms with Crippen LogP contribution in [0, 0.1) is 0 Å². The van der Waals surface area contributed by atoms with E-state index in [0.717, 1.165) is 12.5 Å². The maximum atomic E-state index is 4.54. The standard InChI is InChI=1S/C12H19N3S/c1-13-10-4-5-15(6-10)7-11-12(9-2-3-9)14-8-16-11/h8-10,13H,2-7H2,1H3. The van der Waals surface area contributed by atoms with Crippen molar-refractivity contribution in [2.45, 2.75) is 37.8 Å². The van der Waals surface area contributed by atoms with Crippen molar-refractivity contribution in [2.75, 3.05) is 20.1 Å². The zero-order chi connectivity index (χ0) is 11.0. The van der Waals surface area contributed by atoms with Crippen LogP contribution in [0.3, 0.4) is 0 Å². The smallest absolute Gasteiger partial charge is 0.0798 e. The van der Waals surface area contributed by atoms with Gasteiger partial charge in [-0.1, -0.05) is 0 Å². The van der Waals surface area contributed by atoms with Gasteiger partial charge in [-0.3, -0.25) is 4.90 Å². The van der Waals surface area contributed by atoms with Crippen molar-refractivity contribution >= 4 is 11.3 Å². The third-order valence-corrected chi connectivity index (χ3v) is 4.52. The summed E-state index contributed by atoms with van der Waals surface area (Å²) in [6.07, 6.45) is 4.00. The largest absolute Gasteiger partial charge is 0.316 e. The lowest BCUT2D eigenvalue weighted by molar-refractivity contribution is 0.324. The lowest BCUT2D eigenvalue weighted by atomic mass is 10.2. The number of nitrogens with zero attached hydrogens (tertiary/aromatic N) is 2. The fourth-order valence-electron chi connectivity index (χ4n) is 2.50. The Balaban J connectivity index is 1.63. The zero-order valence-electron chi connectivity index (χ0n) is 9.78. The minimum absolute atomic E-state index is 0.692. The highest BCUT2D eigenvalue weighted by Gasteiger charge is 2.29. The summed E-state index contributed by atoms with van der Waals surface area (Å²) in [6.45, 7) is 3.54. The predicted molar refractivity (Wildman–Crippen MR) is 66.8 cm³/mol. The van der Waals surface area contributed by atoms with Gasteiger partial charge in [0.1, 0.15) is 0 Å². The van der Waals surface area contributed by atoms with Crippen LogP contribution in [0.1, 0.15) is 35.8 Å². The van der Waals surface area contributed by atoms with Gasteiger partial charge in [-0.2, -0.15) is 0 Å². The first kappa shape index (κ1) is 10.7. The summed E-state index contributed by atoms with van der Waals surface area (Å²) in [5.41, 5.74) is 3.42. The monoisotopic (exact) mass is 237 g/mol. The summed E-state index contributed by atoms with van der Waals surface area (Å²) in [7, 11) is 2.07. The van der Waals surface area contributed by atoms with Gasteiger partial charge in [0.15, 0.2) is 0 Å². The van der Waals surface area contributed by atoms with Crippen LogP contribution < -0.4 is 5.32 Å². The fourth-order valence-corrected chi connectivity index (χ4v) is 3.39. The molecule has 88 valence electrons. The molecule has 1 aliphatic heterocycles. The lowest BCUT2D eigenvalue weighted by Gasteiger charge is -2.15. The Morgan fingerprint density at radius 1 is 1.50 bits per heavy atom. The first-order chi connectivity index (χ1) is 7.86. The molecule has 1 saturated heterocycles. The summed E-state index contributed by atoms with van der Waals surface area (Å²) >= 11 is 1.84. The minimum atomic E-state index is 0.692. The highest BCUT2D eigenvalue weighted by molar-refractivity contribution is 7.09. The molecular formula is C12H19N3S. The number of aromatic nitrogens is 1. The Labute approximate surface area is 101 Å². The van der Waals surface area contributed by atoms with Crippen molar-refractivity contribution in [2.24, 2.45) is 0 Å². The molecular weight excluding hydrogens is 218 g/mol. The van der Waals surface area contributed by atoms with Gasteiger partial charge >= 0.3 is 0 Å². The molecule has 1 aliphatic carbocycles. The average molecular weight is 237 g/mol. The Morgan fingerprint density at radius 3 is 3.06 bits per heavy atom. The Bertz CT molecular complexity index is 359. The number of hydrogen-bond acceptors (Lipinski definition) is 4. The highest BCUT2D eigenvalue weighted by Crippen LogP contribution is 2.42. The van der Waals surface area contributed by atoms with Crippen molar-refractivity contribution in [1.82, 2.24) is 15.2 Å². The fraction of sp³-hybridized carbons (Fsp3) is 0.750. The normalized spacial score (nSPS) is 26.4. The molecule has 0 spiro atoms. The summed E-state index contributed by atoms with van der Waals surface area (Å²) in [6, 6.07) is 0.692. The van der Waals surface area contributed by atoms with Gasteiger partial charge in [-0.05, 0) is 26.3 Å². The molecule has 1 saturated carbocycles. The number of likely N-dealkylation sites (tertiary alicyclic amines) is 1. The molecule has 16 heavy (non-hydrogen) atoms. The highest BCUT2D eigenvalue weighted by atomic mass is 32.1. The van der Waals surface area contributed by atoms with Crippen LogP contribution in [-0.2, 0) is 6.54 Å². The SMILES string of the molecule is CNC1CCN(Cc2scnc2C2CC2)C1. The molecule has 2 aliphatic rings. The quantitative estimate of drug-likeness (QED) is 0.865. The van der Waals surface area contributed by atoms with E-state index < -0.39 is 0 Å². The van der Waals surface area contributed by atoms with E-state index in [1.54, 1.807) is 0 Å². The van der Waals surface area contributed by atoms with E-state index in [0.29, 0.717) is 6.04 Å². The third kappa shape index (κ3) is 2.14. The van der Waals surface area contributed by atoms with Crippen molar-refractivity contribution in [3.05, 3.63) is 16.1 Å². The lowest BCUT2D eigenvalue weighted by Crippen LogP contribution is -2.29. The van der Waals surface area contributed by atoms with Crippen molar-refractivity contribution in [1.29, 1.82) is 0 Å². The summed E-state index contributed by atoms with van der Waals surface area (Å²) in [4.78, 5) is 8.60. The molecule has 0 radical (unpaired) electrons. The molecule has 1 aromatic rings. The number of hydrogen-bond donors (Lipinski definition) is 1. The van der Waals surface area contributed by atoms with Gasteiger partial charge in [0.2, 0.25) is 0 Å². The van der Waals surface area contributed by atoms with Crippen molar-refractivity contribution in [3.8, 4) is 0 Å². The second-order valence-electron chi connectivity index (χ2n) is 4.94. The topological polar surface area (TPSA) is 28.2 Å². The van der Waals surface area contributed by atoms with Crippen LogP contribution in [0.25, 0.3) is 0 Å². The maximum Gasteiger partial charge on any atom is 0.0798 e. The average Bonchev–Trinajstić information content (AvgIpc) is 2.88. The summed E-state index contributed by atoms with van der Waals surface area (Å²) in [5, 5.41) is 3.37. The van der Waals surface area contributed by atoms with E-state index in [1.165, 1.54) is 42.9 Å². The van der Waals surface area contributed by atoms with Gasteiger partial charge < -0.3 is 5.32 Å². The van der Waals surface area contributed by atoms with E-state index in [1.807, 2.05) is 16.8 Å². The predicted octanol–water partition coefficient (Wildman–Crippen LogP) is 1.81. The Morgan fingerprint density at radius 2 is 2.38 bits per heavy atom. The molecule has 1 unspecified atom stereocenters. The molecule has 1 N–H and O–H groups in total. The molecule has 0 bridgehead atoms. The van der Waals surface area contributed by atoms with Crippen LogP contribution in [0.5, 0.6) is 0 Å². The van der Waals surface area contributed by atoms with E-state index in [-0.39, 0.29) is 0 Å². The van der Waals surface area contributed by atoms with E-state index in [9.17, 15) is 0 Å². The number of rotatable bonds is 4. The second-order valence-corrected chi connectivity index (χ2v) is 5.88. The number of likely N-dealkylation sites (N-methyl/N-ethyl adjacent to an activating group) is 1. The van der Waals surface area contributed by atoms with Crippen LogP contribution in [0.4, 0.5) is 0 Å². The van der Waals surface area contributed by atoms with Gasteiger partial charge in [0.25, 0.3) is 0 Å². The van der Waals surface area contributed by atoms with Crippen LogP contribution in [0.15, 0.2) is 5.51 Å². The summed E-state index contributed by atoms with van der Waals surface area (Å²) in [5.74, 6) is 0.795. The molecule has 0 amide bonds. The Hall–Kier alpha value is -0.450. The molecule has 0 aromatic carbocycles. The van der Waals surface area contributed by atoms with Crippen LogP contribution in [0.2, 0.25) is 0 Å². The minimum Gasteiger partial charge on any atom is -0.316 e. The molecule has 2 heterocycles. The van der Waals surface area contributed by atoms with E-state index >= 15 is 0 Å². The zero-order valence-corrected chi connectivity index (χ0v) is 10.6. The summed E-state index contributed by atoms with van der Waals surface area (Å²) < 4.78 is 0. The van der Waals surface area contributed by atoms with Crippen molar-refractivity contribution < 1.29 is 0 Å². The van der Waals surface area contributed by atoms with Gasteiger partial charge in [0.05, 0.1) is 11.2 Å². The van der Waals surface area contributed by atoms with Gasteiger partial charge in [-0.25, -0.2) is 4.98 Å². The van der Waals surface area contributed by atoms with E-state index in [4.69, 9.17) is 0 Å². The molecule has 4 heteroatoms. The first-order valence-corrected chi connectivity index (χ1v) is 7.06. The molecule has 3 rings (SSSR count). The first-order valence-electron chi connectivity index (χ1n) is 6.18. The molecule has 1 aromatic heterocycles. The third-order valence-electron chi connectivity index (χ3n) is 3.68. The van der Waals surface area contributed by atoms with E-state index in [2.05, 4.69) is 22.2 Å². The number of nitrogens with one attached hydrogen (secondary N) is 1. The van der Waals surface area contributed by atoms with Gasteiger partial charge in [-0.15, -0.1) is 11.3 Å². The number of thiazole rings is 1.